The molecule has 13 heteroatoms. The summed E-state index contributed by atoms with van der Waals surface area (Å²) in [5.74, 6) is -0.433. The van der Waals surface area contributed by atoms with Gasteiger partial charge >= 0.3 is 6.03 Å². The molecular weight excluding hydrogens is 616 g/mol. The van der Waals surface area contributed by atoms with Crippen LogP contribution in [0.2, 0.25) is 0 Å². The van der Waals surface area contributed by atoms with Gasteiger partial charge in [-0.1, -0.05) is 30.7 Å². The number of halogens is 2. The number of carbonyl (C=O) groups is 3. The fraction of sp³-hybridized carbons (Fsp3) is 0.485. The summed E-state index contributed by atoms with van der Waals surface area (Å²) in [5.41, 5.74) is 1.51. The van der Waals surface area contributed by atoms with Gasteiger partial charge in [0.05, 0.1) is 45.1 Å². The molecule has 0 saturated carbocycles. The Balaban J connectivity index is 0.957. The monoisotopic (exact) mass is 659 g/mol. The molecule has 4 rings (SSSR count). The smallest absolute Gasteiger partial charge is 0.315 e. The fourth-order valence-electron chi connectivity index (χ4n) is 5.26. The second-order valence-electron chi connectivity index (χ2n) is 11.2. The number of hydrogen-bond acceptors (Lipinski definition) is 7. The van der Waals surface area contributed by atoms with Gasteiger partial charge in [0.25, 0.3) is 0 Å². The summed E-state index contributed by atoms with van der Waals surface area (Å²) in [6.45, 7) is 2.48. The quantitative estimate of drug-likeness (QED) is 0.103. The van der Waals surface area contributed by atoms with E-state index in [0.29, 0.717) is 51.2 Å². The van der Waals surface area contributed by atoms with Crippen LogP contribution in [0.25, 0.3) is 12.2 Å². The van der Waals surface area contributed by atoms with Gasteiger partial charge in [-0.3, -0.25) is 9.59 Å². The number of benzene rings is 2. The van der Waals surface area contributed by atoms with Crippen molar-refractivity contribution in [3.63, 3.8) is 0 Å². The number of nitrogens with one attached hydrogen (secondary N) is 4. The number of hydrogen-bond donors (Lipinski definition) is 4. The van der Waals surface area contributed by atoms with E-state index in [4.69, 9.17) is 9.47 Å². The topological polar surface area (TPSA) is 121 Å². The van der Waals surface area contributed by atoms with Gasteiger partial charge in [0.1, 0.15) is 11.6 Å². The first-order valence-corrected chi connectivity index (χ1v) is 16.7. The van der Waals surface area contributed by atoms with Gasteiger partial charge in [-0.2, -0.15) is 11.8 Å². The van der Waals surface area contributed by atoms with Crippen molar-refractivity contribution in [3.8, 4) is 0 Å². The number of unbranched alkanes of at least 4 members (excludes halogenated alkanes) is 1. The summed E-state index contributed by atoms with van der Waals surface area (Å²) < 4.78 is 38.6. The van der Waals surface area contributed by atoms with Crippen molar-refractivity contribution >= 4 is 47.4 Å². The van der Waals surface area contributed by atoms with Crippen molar-refractivity contribution in [2.45, 2.75) is 43.0 Å². The highest BCUT2D eigenvalue weighted by atomic mass is 32.2. The Labute approximate surface area is 273 Å². The van der Waals surface area contributed by atoms with Gasteiger partial charge in [0.15, 0.2) is 0 Å². The summed E-state index contributed by atoms with van der Waals surface area (Å²) >= 11 is 1.89. The number of ether oxygens (including phenoxy) is 2. The Kier molecular flexibility index (Phi) is 14.1. The van der Waals surface area contributed by atoms with Crippen molar-refractivity contribution in [1.82, 2.24) is 21.3 Å². The molecule has 2 aromatic carbocycles. The van der Waals surface area contributed by atoms with Crippen LogP contribution in [-0.2, 0) is 19.1 Å². The van der Waals surface area contributed by atoms with E-state index in [2.05, 4.69) is 21.3 Å². The molecule has 0 aliphatic carbocycles. The number of amides is 4. The van der Waals surface area contributed by atoms with E-state index >= 15 is 0 Å². The first-order chi connectivity index (χ1) is 22.3. The lowest BCUT2D eigenvalue weighted by atomic mass is 10.0. The largest absolute Gasteiger partial charge is 0.377 e. The molecule has 4 amide bonds. The minimum absolute atomic E-state index is 0.0117. The maximum absolute atomic E-state index is 13.8. The minimum Gasteiger partial charge on any atom is -0.377 e. The molecule has 250 valence electrons. The molecule has 3 atom stereocenters. The third-order valence-corrected chi connectivity index (χ3v) is 9.26. The summed E-state index contributed by atoms with van der Waals surface area (Å²) in [5, 5.41) is 12.0. The zero-order valence-electron chi connectivity index (χ0n) is 26.1. The zero-order chi connectivity index (χ0) is 32.7. The highest BCUT2D eigenvalue weighted by Crippen LogP contribution is 2.33. The summed E-state index contributed by atoms with van der Waals surface area (Å²) in [6.07, 6.45) is 6.27. The predicted octanol–water partition coefficient (Wildman–Crippen LogP) is 3.56. The van der Waals surface area contributed by atoms with Crippen LogP contribution < -0.4 is 26.2 Å². The van der Waals surface area contributed by atoms with Crippen molar-refractivity contribution in [2.24, 2.45) is 0 Å². The molecule has 2 aromatic rings. The van der Waals surface area contributed by atoms with Crippen molar-refractivity contribution in [1.29, 1.82) is 0 Å². The highest BCUT2D eigenvalue weighted by Gasteiger charge is 2.42. The van der Waals surface area contributed by atoms with Crippen LogP contribution >= 0.6 is 11.8 Å². The number of thioether (sulfide) groups is 1. The number of nitrogens with zero attached hydrogens (tertiary/aromatic N) is 1. The second-order valence-corrected chi connectivity index (χ2v) is 12.5. The van der Waals surface area contributed by atoms with Gasteiger partial charge in [0, 0.05) is 48.8 Å². The first-order valence-electron chi connectivity index (χ1n) is 15.6. The summed E-state index contributed by atoms with van der Waals surface area (Å²) in [6, 6.07) is 11.4. The summed E-state index contributed by atoms with van der Waals surface area (Å²) in [4.78, 5) is 37.6. The SMILES string of the molecule is CN(CC(=O)NCCOCCOCCNC(=O)CCCCC1SCC2NC(=O)NC21)c1ccc(C=Cc2c(F)cccc2F)cc1. The standard InChI is InChI=1S/C33H43F2N5O5S/c1-40(24-12-9-23(10-13-24)11-14-25-26(34)5-4-6-27(25)35)21-31(42)37-16-18-45-20-19-44-17-15-36-30(41)8-3-2-7-29-32-28(22-46-29)38-33(43)39-32/h4-6,9-14,28-29,32H,2-3,7-8,15-22H2,1H3,(H,36,41)(H,37,42)(H2,38,39,43). The fourth-order valence-corrected chi connectivity index (χ4v) is 6.81. The van der Waals surface area contributed by atoms with Gasteiger partial charge < -0.3 is 35.6 Å². The number of likely N-dealkylation sites (N-methyl/N-ethyl adjacent to an activating group) is 1. The third-order valence-electron chi connectivity index (χ3n) is 7.75. The molecule has 2 fully saturated rings. The van der Waals surface area contributed by atoms with Crippen molar-refractivity contribution in [3.05, 3.63) is 65.2 Å². The number of urea groups is 1. The van der Waals surface area contributed by atoms with E-state index in [9.17, 15) is 23.2 Å². The molecule has 0 spiro atoms. The molecule has 2 aliphatic heterocycles. The van der Waals surface area contributed by atoms with Crippen LogP contribution in [0.15, 0.2) is 42.5 Å². The highest BCUT2D eigenvalue weighted by molar-refractivity contribution is 8.00. The average molecular weight is 660 g/mol. The Bertz CT molecular complexity index is 1310. The van der Waals surface area contributed by atoms with E-state index in [1.54, 1.807) is 18.0 Å². The second kappa shape index (κ2) is 18.5. The van der Waals surface area contributed by atoms with Crippen LogP contribution in [0.1, 0.15) is 36.8 Å². The summed E-state index contributed by atoms with van der Waals surface area (Å²) in [7, 11) is 1.80. The Morgan fingerprint density at radius 3 is 2.30 bits per heavy atom. The van der Waals surface area contributed by atoms with Gasteiger partial charge in [-0.05, 0) is 48.7 Å². The third kappa shape index (κ3) is 11.3. The lowest BCUT2D eigenvalue weighted by molar-refractivity contribution is -0.121. The molecule has 46 heavy (non-hydrogen) atoms. The predicted molar refractivity (Wildman–Crippen MR) is 177 cm³/mol. The average Bonchev–Trinajstić information content (AvgIpc) is 3.59. The zero-order valence-corrected chi connectivity index (χ0v) is 26.9. The molecule has 2 aliphatic rings. The first kappa shape index (κ1) is 35.2. The van der Waals surface area contributed by atoms with Crippen LogP contribution in [0.5, 0.6) is 0 Å². The van der Waals surface area contributed by atoms with Crippen LogP contribution in [0.3, 0.4) is 0 Å². The minimum atomic E-state index is -0.619. The van der Waals surface area contributed by atoms with Crippen molar-refractivity contribution in [2.75, 3.05) is 63.8 Å². The van der Waals surface area contributed by atoms with Gasteiger partial charge in [-0.25, -0.2) is 13.6 Å². The molecule has 4 N–H and O–H groups in total. The molecule has 0 bridgehead atoms. The molecule has 0 aromatic heterocycles. The molecule has 2 saturated heterocycles. The number of rotatable bonds is 19. The van der Waals surface area contributed by atoms with Crippen molar-refractivity contribution < 1.29 is 32.6 Å². The van der Waals surface area contributed by atoms with Crippen LogP contribution in [0.4, 0.5) is 19.3 Å². The Hall–Kier alpha value is -3.68. The Morgan fingerprint density at radius 2 is 1.61 bits per heavy atom. The molecular formula is C33H43F2N5O5S. The molecule has 0 radical (unpaired) electrons. The lowest BCUT2D eigenvalue weighted by Crippen LogP contribution is -2.36. The Morgan fingerprint density at radius 1 is 0.935 bits per heavy atom. The molecule has 2 heterocycles. The van der Waals surface area contributed by atoms with E-state index in [1.807, 2.05) is 36.0 Å². The van der Waals surface area contributed by atoms with E-state index in [0.717, 1.165) is 36.3 Å². The normalized spacial score (nSPS) is 18.7. The van der Waals surface area contributed by atoms with Crippen LogP contribution in [0, 0.1) is 11.6 Å². The number of anilines is 1. The number of fused-ring (bicyclic) bond motifs is 1. The molecule has 3 unspecified atom stereocenters. The van der Waals surface area contributed by atoms with Crippen LogP contribution in [-0.4, -0.2) is 94.0 Å². The van der Waals surface area contributed by atoms with Gasteiger partial charge in [-0.15, -0.1) is 0 Å². The maximum atomic E-state index is 13.8. The lowest BCUT2D eigenvalue weighted by Gasteiger charge is -2.19. The molecule has 10 nitrogen and oxygen atoms in total. The maximum Gasteiger partial charge on any atom is 0.315 e. The van der Waals surface area contributed by atoms with E-state index in [1.165, 1.54) is 24.3 Å². The van der Waals surface area contributed by atoms with E-state index < -0.39 is 11.6 Å². The van der Waals surface area contributed by atoms with Gasteiger partial charge in [0.2, 0.25) is 11.8 Å². The van der Waals surface area contributed by atoms with E-state index in [-0.39, 0.29) is 42.0 Å². The number of carbonyl (C=O) groups excluding carboxylic acids is 3.